The molecule has 0 radical (unpaired) electrons. The molecule has 3 saturated heterocycles. The molecule has 5 aliphatic carbocycles. The van der Waals surface area contributed by atoms with Gasteiger partial charge in [0.15, 0.2) is 0 Å². The van der Waals surface area contributed by atoms with Crippen LogP contribution in [0.5, 0.6) is 0 Å². The van der Waals surface area contributed by atoms with Gasteiger partial charge in [-0.05, 0) is 176 Å². The third kappa shape index (κ3) is 7.16. The predicted molar refractivity (Wildman–Crippen MR) is 203 cm³/mol. The molecule has 3 heterocycles. The number of piperidine rings is 3. The molecule has 4 atom stereocenters. The van der Waals surface area contributed by atoms with Gasteiger partial charge < -0.3 is 25.0 Å². The molecule has 7 fully saturated rings. The molecule has 1 aromatic carbocycles. The summed E-state index contributed by atoms with van der Waals surface area (Å²) in [4.78, 5) is 4.40. The summed E-state index contributed by atoms with van der Waals surface area (Å²) in [5.41, 5.74) is 4.57. The van der Waals surface area contributed by atoms with Gasteiger partial charge in [-0.3, -0.25) is 0 Å². The van der Waals surface area contributed by atoms with Crippen LogP contribution in [-0.4, -0.2) is 73.0 Å². The third-order valence-electron chi connectivity index (χ3n) is 15.6. The molecule has 5 nitrogen and oxygen atoms in total. The molecule has 8 aliphatic rings. The summed E-state index contributed by atoms with van der Waals surface area (Å²) in [5, 5.41) is 22.8. The first-order chi connectivity index (χ1) is 23.3. The Bertz CT molecular complexity index is 1220. The molecular formula is C41H67B2N3O2. The number of hydrogen-bond acceptors (Lipinski definition) is 5. The van der Waals surface area contributed by atoms with Crippen LogP contribution in [0.4, 0.5) is 0 Å². The third-order valence-corrected chi connectivity index (χ3v) is 15.6. The lowest BCUT2D eigenvalue weighted by atomic mass is 9.64. The Kier molecular flexibility index (Phi) is 11.2. The van der Waals surface area contributed by atoms with Crippen LogP contribution in [0, 0.1) is 34.5 Å². The molecule has 3 spiro atoms. The SMILES string of the molecule is C1CC[C@H]2[C@@H](C1)CCC21CCNCC1.CB(O)N1CCC2(C=Cc3ccccc32)CC1.CB(O)N1CCC2(CC[C@@H]3CCCC[C@@H]32)CC1. The van der Waals surface area contributed by atoms with Gasteiger partial charge in [0, 0.05) is 5.41 Å². The van der Waals surface area contributed by atoms with Gasteiger partial charge in [0.05, 0.1) is 0 Å². The summed E-state index contributed by atoms with van der Waals surface area (Å²) < 4.78 is 0. The average Bonchev–Trinajstić information content (AvgIpc) is 3.79. The number of hydrogen-bond donors (Lipinski definition) is 3. The van der Waals surface area contributed by atoms with Gasteiger partial charge in [-0.15, -0.1) is 0 Å². The maximum Gasteiger partial charge on any atom is 0.376 e. The summed E-state index contributed by atoms with van der Waals surface area (Å²) in [7, 11) is -0.552. The van der Waals surface area contributed by atoms with Crippen molar-refractivity contribution in [1.29, 1.82) is 0 Å². The zero-order chi connectivity index (χ0) is 33.2. The van der Waals surface area contributed by atoms with Gasteiger partial charge in [0.2, 0.25) is 0 Å². The molecule has 7 heteroatoms. The van der Waals surface area contributed by atoms with E-state index in [0.29, 0.717) is 5.41 Å². The predicted octanol–water partition coefficient (Wildman–Crippen LogP) is 7.89. The second-order valence-electron chi connectivity index (χ2n) is 17.8. The van der Waals surface area contributed by atoms with Crippen LogP contribution in [0.15, 0.2) is 30.3 Å². The molecule has 0 unspecified atom stereocenters. The van der Waals surface area contributed by atoms with Crippen molar-refractivity contribution in [3.8, 4) is 0 Å². The topological polar surface area (TPSA) is 59.0 Å². The highest BCUT2D eigenvalue weighted by Gasteiger charge is 2.50. The Morgan fingerprint density at radius 1 is 0.625 bits per heavy atom. The van der Waals surface area contributed by atoms with Gasteiger partial charge >= 0.3 is 14.1 Å². The quantitative estimate of drug-likeness (QED) is 0.283. The first kappa shape index (κ1) is 35.3. The zero-order valence-corrected chi connectivity index (χ0v) is 30.7. The van der Waals surface area contributed by atoms with Crippen molar-refractivity contribution in [2.24, 2.45) is 34.5 Å². The molecule has 4 saturated carbocycles. The first-order valence-electron chi connectivity index (χ1n) is 20.7. The number of allylic oxidation sites excluding steroid dienone is 1. The molecule has 0 aromatic heterocycles. The largest absolute Gasteiger partial charge is 0.437 e. The fourth-order valence-electron chi connectivity index (χ4n) is 12.7. The monoisotopic (exact) mass is 656 g/mol. The number of nitrogens with one attached hydrogen (secondary N) is 1. The van der Waals surface area contributed by atoms with Crippen molar-refractivity contribution in [2.45, 2.75) is 135 Å². The van der Waals surface area contributed by atoms with Crippen molar-refractivity contribution in [3.63, 3.8) is 0 Å². The van der Waals surface area contributed by atoms with E-state index in [1.165, 1.54) is 101 Å². The lowest BCUT2D eigenvalue weighted by Crippen LogP contribution is -2.48. The maximum absolute atomic E-state index is 9.67. The number of nitrogens with zero attached hydrogens (tertiary/aromatic N) is 2. The second kappa shape index (κ2) is 15.2. The summed E-state index contributed by atoms with van der Waals surface area (Å²) in [5.74, 6) is 4.34. The summed E-state index contributed by atoms with van der Waals surface area (Å²) in [6, 6.07) is 8.69. The Morgan fingerprint density at radius 2 is 1.12 bits per heavy atom. The van der Waals surface area contributed by atoms with E-state index in [4.69, 9.17) is 0 Å². The highest BCUT2D eigenvalue weighted by Crippen LogP contribution is 2.58. The van der Waals surface area contributed by atoms with Crippen LogP contribution in [-0.2, 0) is 5.41 Å². The van der Waals surface area contributed by atoms with Crippen LogP contribution in [0.3, 0.4) is 0 Å². The Labute approximate surface area is 294 Å². The Morgan fingerprint density at radius 3 is 1.69 bits per heavy atom. The summed E-state index contributed by atoms with van der Waals surface area (Å²) >= 11 is 0. The summed E-state index contributed by atoms with van der Waals surface area (Å²) in [6.45, 7) is 10.6. The van der Waals surface area contributed by atoms with Crippen LogP contribution < -0.4 is 5.32 Å². The smallest absolute Gasteiger partial charge is 0.376 e. The fourth-order valence-corrected chi connectivity index (χ4v) is 12.7. The van der Waals surface area contributed by atoms with Gasteiger partial charge in [-0.1, -0.05) is 74.9 Å². The van der Waals surface area contributed by atoms with Crippen molar-refractivity contribution in [2.75, 3.05) is 39.3 Å². The van der Waals surface area contributed by atoms with E-state index in [0.717, 1.165) is 68.1 Å². The minimum atomic E-state index is -0.312. The van der Waals surface area contributed by atoms with E-state index < -0.39 is 0 Å². The Balaban J connectivity index is 0.000000115. The molecule has 0 bridgehead atoms. The van der Waals surface area contributed by atoms with E-state index in [1.807, 2.05) is 13.6 Å². The van der Waals surface area contributed by atoms with E-state index in [-0.39, 0.29) is 19.5 Å². The number of benzene rings is 1. The zero-order valence-electron chi connectivity index (χ0n) is 30.7. The minimum Gasteiger partial charge on any atom is -0.437 e. The van der Waals surface area contributed by atoms with E-state index >= 15 is 0 Å². The lowest BCUT2D eigenvalue weighted by molar-refractivity contribution is 0.0626. The molecule has 0 amide bonds. The van der Waals surface area contributed by atoms with Gasteiger partial charge in [0.1, 0.15) is 0 Å². The second-order valence-corrected chi connectivity index (χ2v) is 17.8. The van der Waals surface area contributed by atoms with E-state index in [2.05, 4.69) is 51.4 Å². The first-order valence-corrected chi connectivity index (χ1v) is 20.7. The van der Waals surface area contributed by atoms with Crippen molar-refractivity contribution >= 4 is 20.2 Å². The molecule has 48 heavy (non-hydrogen) atoms. The van der Waals surface area contributed by atoms with Crippen molar-refractivity contribution < 1.29 is 10.0 Å². The van der Waals surface area contributed by atoms with Crippen molar-refractivity contribution in [3.05, 3.63) is 41.5 Å². The van der Waals surface area contributed by atoms with Gasteiger partial charge in [-0.25, -0.2) is 0 Å². The van der Waals surface area contributed by atoms with Crippen molar-refractivity contribution in [1.82, 2.24) is 14.9 Å². The number of fused-ring (bicyclic) bond motifs is 6. The molecule has 9 rings (SSSR count). The van der Waals surface area contributed by atoms with Crippen LogP contribution in [0.1, 0.15) is 127 Å². The molecule has 264 valence electrons. The molecular weight excluding hydrogens is 588 g/mol. The summed E-state index contributed by atoms with van der Waals surface area (Å²) in [6.07, 6.45) is 30.7. The maximum atomic E-state index is 9.67. The molecule has 3 aliphatic heterocycles. The van der Waals surface area contributed by atoms with E-state index in [9.17, 15) is 10.0 Å². The van der Waals surface area contributed by atoms with Crippen LogP contribution in [0.2, 0.25) is 13.6 Å². The van der Waals surface area contributed by atoms with E-state index in [1.54, 1.807) is 25.7 Å². The standard InChI is InChI=1S/C14H26BNO.C14H18BNO.C13H23N/c2*1-15(17)16-10-8-14(9-11-16)7-6-12-4-2-3-5-13(12)14;1-2-4-12-11(3-1)5-6-13(12)7-9-14-10-8-13/h12-13,17H,2-11H2,1H3;2-7,17H,8-11H2,1H3;11-12,14H,1-10H2/t12-,13-;;11-,12-/m0.0/s1. The average molecular weight is 656 g/mol. The normalized spacial score (nSPS) is 32.8. The number of rotatable bonds is 2. The fraction of sp³-hybridized carbons (Fsp3) is 0.805. The highest BCUT2D eigenvalue weighted by molar-refractivity contribution is 6.45. The molecule has 1 aromatic rings. The minimum absolute atomic E-state index is 0.238. The van der Waals surface area contributed by atoms with Crippen LogP contribution >= 0.6 is 0 Å². The lowest BCUT2D eigenvalue weighted by Gasteiger charge is -2.46. The van der Waals surface area contributed by atoms with Gasteiger partial charge in [0.25, 0.3) is 0 Å². The highest BCUT2D eigenvalue weighted by atomic mass is 16.2. The van der Waals surface area contributed by atoms with Gasteiger partial charge in [-0.2, -0.15) is 0 Å². The Hall–Kier alpha value is -1.11. The molecule has 3 N–H and O–H groups in total. The van der Waals surface area contributed by atoms with Crippen LogP contribution in [0.25, 0.3) is 6.08 Å².